The maximum Gasteiger partial charge on any atom is 0.238 e. The van der Waals surface area contributed by atoms with Crippen molar-refractivity contribution in [2.75, 3.05) is 25.5 Å². The first-order chi connectivity index (χ1) is 18.3. The molecule has 3 N–H and O–H groups in total. The van der Waals surface area contributed by atoms with Gasteiger partial charge in [0.25, 0.3) is 0 Å². The molecule has 0 bridgehead atoms. The van der Waals surface area contributed by atoms with Gasteiger partial charge in [-0.05, 0) is 54.6 Å². The number of hydrogen-bond donors (Lipinski definition) is 3. The Morgan fingerprint density at radius 2 is 1.97 bits per heavy atom. The lowest BCUT2D eigenvalue weighted by Crippen LogP contribution is -2.55. The van der Waals surface area contributed by atoms with Gasteiger partial charge in [0, 0.05) is 35.8 Å². The van der Waals surface area contributed by atoms with E-state index in [-0.39, 0.29) is 28.5 Å². The highest BCUT2D eigenvalue weighted by atomic mass is 35.5. The molecule has 0 aromatic heterocycles. The van der Waals surface area contributed by atoms with Crippen molar-refractivity contribution in [1.82, 2.24) is 15.5 Å². The lowest BCUT2D eigenvalue weighted by Gasteiger charge is -2.38. The number of benzene rings is 2. The van der Waals surface area contributed by atoms with Crippen LogP contribution in [0, 0.1) is 11.2 Å². The molecule has 0 radical (unpaired) electrons. The SMILES string of the molecule is CN1CC[C@@H](NC(=O)[C@@H]2N[C@H](CC(C)(C)C)[C@]3(C(=O)Nc4cc(Cl)ccc43)[C@H]2c2cccc(Cl)c2F)[C@@H](F)C1. The first-order valence-corrected chi connectivity index (χ1v) is 14.0. The van der Waals surface area contributed by atoms with Crippen LogP contribution in [0.1, 0.15) is 50.7 Å². The summed E-state index contributed by atoms with van der Waals surface area (Å²) in [5.74, 6) is -2.46. The van der Waals surface area contributed by atoms with Gasteiger partial charge >= 0.3 is 0 Å². The number of nitrogens with zero attached hydrogens (tertiary/aromatic N) is 1. The quantitative estimate of drug-likeness (QED) is 0.475. The minimum absolute atomic E-state index is 0.102. The Balaban J connectivity index is 1.67. The summed E-state index contributed by atoms with van der Waals surface area (Å²) in [6, 6.07) is 7.52. The normalized spacial score (nSPS) is 30.9. The highest BCUT2D eigenvalue weighted by molar-refractivity contribution is 6.31. The highest BCUT2D eigenvalue weighted by Gasteiger charge is 2.66. The van der Waals surface area contributed by atoms with Crippen LogP contribution in [0.25, 0.3) is 0 Å². The molecule has 5 rings (SSSR count). The fourth-order valence-electron chi connectivity index (χ4n) is 6.64. The van der Waals surface area contributed by atoms with Crippen molar-refractivity contribution >= 4 is 40.7 Å². The molecule has 2 amide bonds. The second-order valence-electron chi connectivity index (χ2n) is 12.3. The fraction of sp³-hybridized carbons (Fsp3) is 0.517. The Bertz CT molecular complexity index is 1300. The third-order valence-electron chi connectivity index (χ3n) is 8.29. The molecular formula is C29H34Cl2F2N4O2. The molecule has 2 aromatic rings. The van der Waals surface area contributed by atoms with Crippen molar-refractivity contribution in [3.05, 3.63) is 63.4 Å². The van der Waals surface area contributed by atoms with Gasteiger partial charge in [-0.2, -0.15) is 0 Å². The average molecular weight is 580 g/mol. The van der Waals surface area contributed by atoms with Gasteiger partial charge in [-0.25, -0.2) is 8.78 Å². The monoisotopic (exact) mass is 578 g/mol. The van der Waals surface area contributed by atoms with E-state index in [1.54, 1.807) is 30.3 Å². The van der Waals surface area contributed by atoms with Crippen molar-refractivity contribution in [2.24, 2.45) is 5.41 Å². The summed E-state index contributed by atoms with van der Waals surface area (Å²) in [6.07, 6.45) is -0.289. The molecule has 3 aliphatic heterocycles. The molecule has 2 aromatic carbocycles. The summed E-state index contributed by atoms with van der Waals surface area (Å²) in [6.45, 7) is 7.00. The Kier molecular flexibility index (Phi) is 7.46. The zero-order valence-corrected chi connectivity index (χ0v) is 24.0. The van der Waals surface area contributed by atoms with Gasteiger partial charge in [-0.3, -0.25) is 9.59 Å². The van der Waals surface area contributed by atoms with Gasteiger partial charge in [0.1, 0.15) is 17.4 Å². The number of halogens is 4. The predicted octanol–water partition coefficient (Wildman–Crippen LogP) is 5.04. The second-order valence-corrected chi connectivity index (χ2v) is 13.1. The number of likely N-dealkylation sites (tertiary alicyclic amines) is 1. The number of carbonyl (C=O) groups excluding carboxylic acids is 2. The second kappa shape index (κ2) is 10.3. The van der Waals surface area contributed by atoms with Crippen molar-refractivity contribution in [2.45, 2.75) is 69.2 Å². The topological polar surface area (TPSA) is 73.5 Å². The van der Waals surface area contributed by atoms with Crippen LogP contribution in [0.3, 0.4) is 0 Å². The molecule has 0 unspecified atom stereocenters. The lowest BCUT2D eigenvalue weighted by atomic mass is 9.62. The van der Waals surface area contributed by atoms with Crippen LogP contribution in [-0.4, -0.2) is 61.1 Å². The number of anilines is 1. The molecule has 2 fully saturated rings. The van der Waals surface area contributed by atoms with Crippen molar-refractivity contribution in [3.8, 4) is 0 Å². The third-order valence-corrected chi connectivity index (χ3v) is 8.82. The predicted molar refractivity (Wildman–Crippen MR) is 150 cm³/mol. The number of fused-ring (bicyclic) bond motifs is 2. The van der Waals surface area contributed by atoms with Crippen LogP contribution in [-0.2, 0) is 15.0 Å². The van der Waals surface area contributed by atoms with Crippen LogP contribution in [0.4, 0.5) is 14.5 Å². The molecular weight excluding hydrogens is 545 g/mol. The number of alkyl halides is 1. The zero-order chi connectivity index (χ0) is 28.3. The van der Waals surface area contributed by atoms with Crippen molar-refractivity contribution < 1.29 is 18.4 Å². The van der Waals surface area contributed by atoms with Crippen LogP contribution >= 0.6 is 23.2 Å². The maximum absolute atomic E-state index is 15.8. The standard InChI is InChI=1S/C29H34Cl2F2N4O2/c1-28(2,3)13-22-29(17-9-8-15(30)12-21(17)35-27(29)39)23(16-6-5-7-18(31)24(16)33)25(36-22)26(38)34-20-10-11-37(4)14-19(20)32/h5-9,12,19-20,22-23,25,36H,10-11,13-14H2,1-4H3,(H,34,38)(H,35,39)/t19-,20+,22+,23-,25+,29-/m0/s1. The Morgan fingerprint density at radius 1 is 1.23 bits per heavy atom. The fourth-order valence-corrected chi connectivity index (χ4v) is 7.00. The van der Waals surface area contributed by atoms with E-state index in [4.69, 9.17) is 23.2 Å². The number of piperidine rings is 1. The largest absolute Gasteiger partial charge is 0.349 e. The molecule has 1 spiro atoms. The van der Waals surface area contributed by atoms with E-state index in [1.807, 2.05) is 32.7 Å². The molecule has 3 heterocycles. The van der Waals surface area contributed by atoms with Gasteiger partial charge in [-0.15, -0.1) is 0 Å². The molecule has 10 heteroatoms. The van der Waals surface area contributed by atoms with E-state index in [0.717, 1.165) is 0 Å². The van der Waals surface area contributed by atoms with E-state index in [0.29, 0.717) is 35.7 Å². The molecule has 6 atom stereocenters. The molecule has 0 saturated carbocycles. The lowest BCUT2D eigenvalue weighted by molar-refractivity contribution is -0.125. The van der Waals surface area contributed by atoms with Gasteiger partial charge < -0.3 is 20.9 Å². The van der Waals surface area contributed by atoms with E-state index >= 15 is 4.39 Å². The zero-order valence-electron chi connectivity index (χ0n) is 22.5. The molecule has 6 nitrogen and oxygen atoms in total. The van der Waals surface area contributed by atoms with E-state index in [2.05, 4.69) is 16.0 Å². The van der Waals surface area contributed by atoms with Gasteiger partial charge in [0.15, 0.2) is 0 Å². The minimum Gasteiger partial charge on any atom is -0.349 e. The molecule has 2 saturated heterocycles. The first kappa shape index (κ1) is 28.3. The third kappa shape index (κ3) is 4.94. The van der Waals surface area contributed by atoms with Gasteiger partial charge in [0.2, 0.25) is 11.8 Å². The summed E-state index contributed by atoms with van der Waals surface area (Å²) < 4.78 is 30.8. The number of carbonyl (C=O) groups is 2. The number of hydrogen-bond acceptors (Lipinski definition) is 4. The molecule has 210 valence electrons. The maximum atomic E-state index is 15.8. The van der Waals surface area contributed by atoms with Crippen LogP contribution in [0.15, 0.2) is 36.4 Å². The van der Waals surface area contributed by atoms with Crippen LogP contribution in [0.2, 0.25) is 10.0 Å². The summed E-state index contributed by atoms with van der Waals surface area (Å²) in [5.41, 5.74) is -0.268. The van der Waals surface area contributed by atoms with Crippen molar-refractivity contribution in [1.29, 1.82) is 0 Å². The first-order valence-electron chi connectivity index (χ1n) is 13.3. The Hall–Kier alpha value is -2.26. The van der Waals surface area contributed by atoms with E-state index < -0.39 is 47.4 Å². The molecule has 39 heavy (non-hydrogen) atoms. The van der Waals surface area contributed by atoms with Gasteiger partial charge in [-0.1, -0.05) is 62.2 Å². The summed E-state index contributed by atoms with van der Waals surface area (Å²) in [7, 11) is 1.84. The van der Waals surface area contributed by atoms with Gasteiger partial charge in [0.05, 0.1) is 17.1 Å². The van der Waals surface area contributed by atoms with E-state index in [9.17, 15) is 14.0 Å². The number of nitrogens with one attached hydrogen (secondary N) is 3. The summed E-state index contributed by atoms with van der Waals surface area (Å²) in [4.78, 5) is 30.0. The highest BCUT2D eigenvalue weighted by Crippen LogP contribution is 2.57. The molecule has 3 aliphatic rings. The molecule has 0 aliphatic carbocycles. The smallest absolute Gasteiger partial charge is 0.238 e. The van der Waals surface area contributed by atoms with Crippen molar-refractivity contribution in [3.63, 3.8) is 0 Å². The Labute approximate surface area is 237 Å². The number of amides is 2. The Morgan fingerprint density at radius 3 is 2.67 bits per heavy atom. The summed E-state index contributed by atoms with van der Waals surface area (Å²) >= 11 is 12.5. The number of rotatable bonds is 4. The van der Waals surface area contributed by atoms with Crippen LogP contribution < -0.4 is 16.0 Å². The minimum atomic E-state index is -1.34. The van der Waals surface area contributed by atoms with Crippen LogP contribution in [0.5, 0.6) is 0 Å². The van der Waals surface area contributed by atoms with E-state index in [1.165, 1.54) is 6.07 Å². The summed E-state index contributed by atoms with van der Waals surface area (Å²) in [5, 5.41) is 9.62. The average Bonchev–Trinajstić information content (AvgIpc) is 3.31.